The number of hydrogen-bond acceptors (Lipinski definition) is 5. The lowest BCUT2D eigenvalue weighted by molar-refractivity contribution is -0.119. The zero-order valence-electron chi connectivity index (χ0n) is 16.7. The highest BCUT2D eigenvalue weighted by Crippen LogP contribution is 2.51. The Hall–Kier alpha value is -1.60. The normalized spacial score (nSPS) is 22.6. The van der Waals surface area contributed by atoms with Gasteiger partial charge in [0.05, 0.1) is 18.4 Å². The van der Waals surface area contributed by atoms with Crippen molar-refractivity contribution in [2.75, 3.05) is 19.6 Å². The second kappa shape index (κ2) is 7.83. The molecule has 2 aromatic rings. The number of aliphatic hydroxyl groups is 1. The summed E-state index contributed by atoms with van der Waals surface area (Å²) in [5.74, 6) is 0.894. The van der Waals surface area contributed by atoms with Crippen molar-refractivity contribution in [1.29, 1.82) is 0 Å². The molecule has 1 aromatic heterocycles. The summed E-state index contributed by atoms with van der Waals surface area (Å²) >= 11 is 12.3. The fraction of sp³-hybridized carbons (Fsp3) is 0.545. The predicted molar refractivity (Wildman–Crippen MR) is 115 cm³/mol. The Labute approximate surface area is 185 Å². The average molecular weight is 450 g/mol. The van der Waals surface area contributed by atoms with Gasteiger partial charge in [0.1, 0.15) is 10.8 Å². The van der Waals surface area contributed by atoms with E-state index in [0.717, 1.165) is 80.6 Å². The van der Waals surface area contributed by atoms with Gasteiger partial charge in [-0.3, -0.25) is 4.79 Å². The first-order valence-electron chi connectivity index (χ1n) is 10.5. The van der Waals surface area contributed by atoms with Crippen LogP contribution in [0.15, 0.2) is 23.1 Å². The van der Waals surface area contributed by atoms with Gasteiger partial charge in [-0.15, -0.1) is 0 Å². The van der Waals surface area contributed by atoms with Crippen molar-refractivity contribution in [2.45, 2.75) is 50.7 Å². The van der Waals surface area contributed by atoms with E-state index in [2.05, 4.69) is 15.1 Å². The molecule has 2 N–H and O–H groups in total. The van der Waals surface area contributed by atoms with Gasteiger partial charge in [0.15, 0.2) is 0 Å². The first-order valence-corrected chi connectivity index (χ1v) is 11.3. The Balaban J connectivity index is 1.08. The Morgan fingerprint density at radius 2 is 2.10 bits per heavy atom. The summed E-state index contributed by atoms with van der Waals surface area (Å²) in [7, 11) is 0. The molecule has 0 amide bonds. The van der Waals surface area contributed by atoms with Gasteiger partial charge in [0, 0.05) is 34.7 Å². The molecule has 2 fully saturated rings. The number of halogens is 2. The molecular weight excluding hydrogens is 425 g/mol. The molecule has 30 heavy (non-hydrogen) atoms. The number of H-pyrrole nitrogens is 1. The van der Waals surface area contributed by atoms with E-state index in [1.165, 1.54) is 0 Å². The maximum Gasteiger partial charge on any atom is 0.283 e. The third-order valence-electron chi connectivity index (χ3n) is 6.78. The summed E-state index contributed by atoms with van der Waals surface area (Å²) in [6.45, 7) is 3.20. The van der Waals surface area contributed by atoms with Gasteiger partial charge in [-0.25, -0.2) is 5.10 Å². The Kier molecular flexibility index (Phi) is 5.30. The van der Waals surface area contributed by atoms with E-state index in [1.54, 1.807) is 6.20 Å². The van der Waals surface area contributed by atoms with Crippen LogP contribution in [-0.4, -0.2) is 45.9 Å². The number of aryl methyl sites for hydroxylation is 1. The molecule has 1 saturated heterocycles. The Morgan fingerprint density at radius 3 is 2.90 bits per heavy atom. The first-order chi connectivity index (χ1) is 14.4. The van der Waals surface area contributed by atoms with Crippen LogP contribution in [0.5, 0.6) is 5.75 Å². The summed E-state index contributed by atoms with van der Waals surface area (Å²) in [5, 5.41) is 17.2. The molecule has 1 spiro atoms. The lowest BCUT2D eigenvalue weighted by Gasteiger charge is -2.58. The molecule has 2 heterocycles. The van der Waals surface area contributed by atoms with E-state index in [9.17, 15) is 9.90 Å². The van der Waals surface area contributed by atoms with Gasteiger partial charge in [0.25, 0.3) is 5.56 Å². The van der Waals surface area contributed by atoms with Crippen molar-refractivity contribution in [1.82, 2.24) is 15.1 Å². The number of nitrogens with one attached hydrogen (secondary N) is 1. The Morgan fingerprint density at radius 1 is 1.30 bits per heavy atom. The van der Waals surface area contributed by atoms with E-state index in [-0.39, 0.29) is 16.7 Å². The largest absolute Gasteiger partial charge is 0.490 e. The Bertz CT molecular complexity index is 1010. The molecule has 160 valence electrons. The number of rotatable bonds is 6. The summed E-state index contributed by atoms with van der Waals surface area (Å²) < 4.78 is 6.28. The second-order valence-electron chi connectivity index (χ2n) is 8.99. The standard InChI is InChI=1S/C22H25Cl2N3O3/c23-16-4-6-18(15-3-5-17(28)19(15)16)30-14-8-22(9-14)11-27(12-22)7-1-2-13-10-25-26-21(29)20(13)24/h4,6,10,14,17,28H,1-3,5,7-9,11-12H2,(H,26,29). The number of fused-ring (bicyclic) bond motifs is 1. The van der Waals surface area contributed by atoms with Gasteiger partial charge in [-0.1, -0.05) is 23.2 Å². The molecule has 1 saturated carbocycles. The fourth-order valence-corrected chi connectivity index (χ4v) is 5.83. The summed E-state index contributed by atoms with van der Waals surface area (Å²) in [5.41, 5.74) is 2.82. The summed E-state index contributed by atoms with van der Waals surface area (Å²) in [6, 6.07) is 3.79. The minimum absolute atomic E-state index is 0.246. The zero-order chi connectivity index (χ0) is 20.9. The van der Waals surface area contributed by atoms with Crippen LogP contribution in [0, 0.1) is 5.41 Å². The van der Waals surface area contributed by atoms with Crippen LogP contribution in [-0.2, 0) is 12.8 Å². The molecule has 8 heteroatoms. The first kappa shape index (κ1) is 20.3. The molecule has 3 aliphatic rings. The highest BCUT2D eigenvalue weighted by molar-refractivity contribution is 6.31. The molecule has 5 rings (SSSR count). The van der Waals surface area contributed by atoms with Crippen LogP contribution < -0.4 is 10.3 Å². The van der Waals surface area contributed by atoms with Crippen molar-refractivity contribution in [3.8, 4) is 5.75 Å². The predicted octanol–water partition coefficient (Wildman–Crippen LogP) is 3.53. The number of likely N-dealkylation sites (tertiary alicyclic amines) is 1. The summed E-state index contributed by atoms with van der Waals surface area (Å²) in [6.07, 6.45) is 6.84. The molecule has 1 aromatic carbocycles. The number of ether oxygens (including phenoxy) is 1. The van der Waals surface area contributed by atoms with Crippen LogP contribution in [0.2, 0.25) is 10.0 Å². The molecule has 1 aliphatic heterocycles. The number of aromatic amines is 1. The van der Waals surface area contributed by atoms with E-state index in [0.29, 0.717) is 10.4 Å². The van der Waals surface area contributed by atoms with E-state index in [4.69, 9.17) is 27.9 Å². The van der Waals surface area contributed by atoms with E-state index in [1.807, 2.05) is 12.1 Å². The van der Waals surface area contributed by atoms with Crippen LogP contribution in [0.3, 0.4) is 0 Å². The minimum atomic E-state index is -0.469. The highest BCUT2D eigenvalue weighted by atomic mass is 35.5. The minimum Gasteiger partial charge on any atom is -0.490 e. The maximum atomic E-state index is 11.5. The van der Waals surface area contributed by atoms with Gasteiger partial charge in [-0.05, 0) is 62.8 Å². The molecule has 0 radical (unpaired) electrons. The van der Waals surface area contributed by atoms with Crippen molar-refractivity contribution in [3.05, 3.63) is 55.4 Å². The van der Waals surface area contributed by atoms with Crippen LogP contribution >= 0.6 is 23.2 Å². The molecule has 1 unspecified atom stereocenters. The maximum absolute atomic E-state index is 11.5. The quantitative estimate of drug-likeness (QED) is 0.704. The average Bonchev–Trinajstić information content (AvgIpc) is 3.06. The number of nitrogens with zero attached hydrogens (tertiary/aromatic N) is 2. The van der Waals surface area contributed by atoms with Crippen LogP contribution in [0.4, 0.5) is 0 Å². The number of hydrogen-bond donors (Lipinski definition) is 2. The number of aliphatic hydroxyl groups excluding tert-OH is 1. The second-order valence-corrected chi connectivity index (χ2v) is 9.78. The summed E-state index contributed by atoms with van der Waals surface area (Å²) in [4.78, 5) is 14.0. The van der Waals surface area contributed by atoms with Crippen molar-refractivity contribution >= 4 is 23.2 Å². The van der Waals surface area contributed by atoms with Crippen LogP contribution in [0.1, 0.15) is 48.5 Å². The van der Waals surface area contributed by atoms with Gasteiger partial charge in [0.2, 0.25) is 0 Å². The van der Waals surface area contributed by atoms with E-state index < -0.39 is 6.10 Å². The lowest BCUT2D eigenvalue weighted by Crippen LogP contribution is -2.64. The third kappa shape index (κ3) is 3.64. The zero-order valence-corrected chi connectivity index (χ0v) is 18.2. The lowest BCUT2D eigenvalue weighted by atomic mass is 9.61. The molecular formula is C22H25Cl2N3O3. The van der Waals surface area contributed by atoms with Crippen LogP contribution in [0.25, 0.3) is 0 Å². The smallest absolute Gasteiger partial charge is 0.283 e. The molecule has 1 atom stereocenters. The molecule has 2 aliphatic carbocycles. The third-order valence-corrected chi connectivity index (χ3v) is 7.53. The molecule has 6 nitrogen and oxygen atoms in total. The van der Waals surface area contributed by atoms with E-state index >= 15 is 0 Å². The fourth-order valence-electron chi connectivity index (χ4n) is 5.35. The highest BCUT2D eigenvalue weighted by Gasteiger charge is 2.53. The topological polar surface area (TPSA) is 78.5 Å². The van der Waals surface area contributed by atoms with Gasteiger partial charge in [-0.2, -0.15) is 5.10 Å². The number of benzene rings is 1. The van der Waals surface area contributed by atoms with Gasteiger partial charge < -0.3 is 14.7 Å². The van der Waals surface area contributed by atoms with Crippen molar-refractivity contribution in [3.63, 3.8) is 0 Å². The van der Waals surface area contributed by atoms with Crippen molar-refractivity contribution in [2.24, 2.45) is 5.41 Å². The monoisotopic (exact) mass is 449 g/mol. The number of aromatic nitrogens is 2. The molecule has 0 bridgehead atoms. The van der Waals surface area contributed by atoms with Gasteiger partial charge >= 0.3 is 0 Å². The van der Waals surface area contributed by atoms with Crippen molar-refractivity contribution < 1.29 is 9.84 Å². The SMILES string of the molecule is O=c1[nH]ncc(CCCN2CC3(CC(Oc4ccc(Cl)c5c4CCC5O)C3)C2)c1Cl.